The van der Waals surface area contributed by atoms with Crippen LogP contribution in [0.5, 0.6) is 5.75 Å². The number of ether oxygens (including phenoxy) is 1. The molecule has 1 N–H and O–H groups in total. The average Bonchev–Trinajstić information content (AvgIpc) is 2.54. The molecule has 0 aliphatic carbocycles. The average molecular weight is 422 g/mol. The summed E-state index contributed by atoms with van der Waals surface area (Å²) < 4.78 is 7.15. The molecular weight excluding hydrogens is 399 g/mol. The molecule has 23 heavy (non-hydrogen) atoms. The van der Waals surface area contributed by atoms with E-state index in [-0.39, 0.29) is 6.04 Å². The highest BCUT2D eigenvalue weighted by Gasteiger charge is 2.21. The van der Waals surface area contributed by atoms with E-state index in [1.165, 1.54) is 20.3 Å². The van der Waals surface area contributed by atoms with Crippen LogP contribution in [0.2, 0.25) is 0 Å². The molecule has 1 aliphatic rings. The summed E-state index contributed by atoms with van der Waals surface area (Å²) in [5.41, 5.74) is 4.10. The summed E-state index contributed by atoms with van der Waals surface area (Å²) in [6.07, 6.45) is 1.06. The molecule has 122 valence electrons. The third kappa shape index (κ3) is 4.25. The van der Waals surface area contributed by atoms with Crippen LogP contribution in [-0.4, -0.2) is 38.7 Å². The summed E-state index contributed by atoms with van der Waals surface area (Å²) in [6.45, 7) is 2.67. The highest BCUT2D eigenvalue weighted by atomic mass is 127. The Labute approximate surface area is 152 Å². The summed E-state index contributed by atoms with van der Waals surface area (Å²) in [6, 6.07) is 15.6. The van der Waals surface area contributed by atoms with Crippen molar-refractivity contribution in [2.24, 2.45) is 0 Å². The first-order valence-corrected chi connectivity index (χ1v) is 9.10. The van der Waals surface area contributed by atoms with Gasteiger partial charge in [0.1, 0.15) is 12.4 Å². The van der Waals surface area contributed by atoms with Crippen molar-refractivity contribution in [1.82, 2.24) is 10.2 Å². The van der Waals surface area contributed by atoms with Crippen molar-refractivity contribution >= 4 is 22.6 Å². The third-order valence-electron chi connectivity index (χ3n) is 4.18. The lowest BCUT2D eigenvalue weighted by Gasteiger charge is -2.28. The Morgan fingerprint density at radius 3 is 2.70 bits per heavy atom. The molecule has 0 fully saturated rings. The number of nitrogens with zero attached hydrogens (tertiary/aromatic N) is 1. The molecule has 3 nitrogen and oxygen atoms in total. The maximum atomic E-state index is 5.88. The van der Waals surface area contributed by atoms with Gasteiger partial charge in [0, 0.05) is 16.7 Å². The first kappa shape index (κ1) is 16.7. The van der Waals surface area contributed by atoms with E-state index >= 15 is 0 Å². The van der Waals surface area contributed by atoms with Crippen LogP contribution in [-0.2, 0) is 6.42 Å². The van der Waals surface area contributed by atoms with Crippen LogP contribution in [0.25, 0.3) is 0 Å². The summed E-state index contributed by atoms with van der Waals surface area (Å²) in [5.74, 6) is 0.980. The van der Waals surface area contributed by atoms with E-state index in [9.17, 15) is 0 Å². The SMILES string of the molecule is CN(C)CCOc1ccc2c(c1)CCNC2c1ccc(I)cc1. The monoisotopic (exact) mass is 422 g/mol. The Kier molecular flexibility index (Phi) is 5.56. The van der Waals surface area contributed by atoms with Crippen LogP contribution >= 0.6 is 22.6 Å². The molecule has 0 spiro atoms. The zero-order chi connectivity index (χ0) is 16.2. The van der Waals surface area contributed by atoms with Gasteiger partial charge in [-0.15, -0.1) is 0 Å². The summed E-state index contributed by atoms with van der Waals surface area (Å²) in [4.78, 5) is 2.13. The van der Waals surface area contributed by atoms with E-state index in [4.69, 9.17) is 4.74 Å². The minimum atomic E-state index is 0.284. The topological polar surface area (TPSA) is 24.5 Å². The van der Waals surface area contributed by atoms with Crippen molar-refractivity contribution in [1.29, 1.82) is 0 Å². The van der Waals surface area contributed by atoms with E-state index in [2.05, 4.69) is 89.4 Å². The molecule has 1 heterocycles. The molecular formula is C19H23IN2O. The van der Waals surface area contributed by atoms with Crippen molar-refractivity contribution in [3.63, 3.8) is 0 Å². The zero-order valence-corrected chi connectivity index (χ0v) is 15.8. The van der Waals surface area contributed by atoms with Crippen LogP contribution in [0.3, 0.4) is 0 Å². The minimum Gasteiger partial charge on any atom is -0.492 e. The Hall–Kier alpha value is -1.11. The third-order valence-corrected chi connectivity index (χ3v) is 4.90. The Bertz CT molecular complexity index is 655. The van der Waals surface area contributed by atoms with Gasteiger partial charge in [-0.25, -0.2) is 0 Å². The van der Waals surface area contributed by atoms with Gasteiger partial charge < -0.3 is 15.0 Å². The smallest absolute Gasteiger partial charge is 0.119 e. The molecule has 0 radical (unpaired) electrons. The van der Waals surface area contributed by atoms with Crippen molar-refractivity contribution in [3.8, 4) is 5.75 Å². The lowest BCUT2D eigenvalue weighted by Crippen LogP contribution is -2.30. The van der Waals surface area contributed by atoms with Crippen LogP contribution in [0, 0.1) is 3.57 Å². The Balaban J connectivity index is 1.78. The molecule has 1 aliphatic heterocycles. The maximum absolute atomic E-state index is 5.88. The van der Waals surface area contributed by atoms with Gasteiger partial charge in [-0.2, -0.15) is 0 Å². The fraction of sp³-hybridized carbons (Fsp3) is 0.368. The highest BCUT2D eigenvalue weighted by molar-refractivity contribution is 14.1. The molecule has 4 heteroatoms. The lowest BCUT2D eigenvalue weighted by atomic mass is 9.90. The molecule has 3 rings (SSSR count). The summed E-state index contributed by atoms with van der Waals surface area (Å²) >= 11 is 2.35. The van der Waals surface area contributed by atoms with Gasteiger partial charge in [0.05, 0.1) is 6.04 Å². The van der Waals surface area contributed by atoms with E-state index < -0.39 is 0 Å². The summed E-state index contributed by atoms with van der Waals surface area (Å²) in [7, 11) is 4.13. The van der Waals surface area contributed by atoms with E-state index in [1.807, 2.05) is 0 Å². The van der Waals surface area contributed by atoms with Crippen LogP contribution in [0.1, 0.15) is 22.7 Å². The number of hydrogen-bond acceptors (Lipinski definition) is 3. The number of likely N-dealkylation sites (N-methyl/N-ethyl adjacent to an activating group) is 1. The van der Waals surface area contributed by atoms with Crippen molar-refractivity contribution in [2.75, 3.05) is 33.8 Å². The fourth-order valence-corrected chi connectivity index (χ4v) is 3.29. The predicted molar refractivity (Wildman–Crippen MR) is 103 cm³/mol. The molecule has 0 saturated carbocycles. The van der Waals surface area contributed by atoms with Gasteiger partial charge in [0.25, 0.3) is 0 Å². The van der Waals surface area contributed by atoms with Gasteiger partial charge in [-0.1, -0.05) is 18.2 Å². The molecule has 0 bridgehead atoms. The van der Waals surface area contributed by atoms with Gasteiger partial charge in [-0.05, 0) is 84.1 Å². The molecule has 1 unspecified atom stereocenters. The molecule has 0 saturated heterocycles. The van der Waals surface area contributed by atoms with Crippen LogP contribution < -0.4 is 10.1 Å². The maximum Gasteiger partial charge on any atom is 0.119 e. The second-order valence-electron chi connectivity index (χ2n) is 6.20. The number of rotatable bonds is 5. The van der Waals surface area contributed by atoms with Gasteiger partial charge >= 0.3 is 0 Å². The van der Waals surface area contributed by atoms with Crippen LogP contribution in [0.4, 0.5) is 0 Å². The van der Waals surface area contributed by atoms with Gasteiger partial charge in [0.2, 0.25) is 0 Å². The Morgan fingerprint density at radius 2 is 1.96 bits per heavy atom. The number of nitrogens with one attached hydrogen (secondary N) is 1. The number of hydrogen-bond donors (Lipinski definition) is 1. The molecule has 2 aromatic carbocycles. The Morgan fingerprint density at radius 1 is 1.17 bits per heavy atom. The lowest BCUT2D eigenvalue weighted by molar-refractivity contribution is 0.261. The van der Waals surface area contributed by atoms with Crippen molar-refractivity contribution in [2.45, 2.75) is 12.5 Å². The van der Waals surface area contributed by atoms with Crippen LogP contribution in [0.15, 0.2) is 42.5 Å². The number of halogens is 1. The first-order valence-electron chi connectivity index (χ1n) is 8.02. The van der Waals surface area contributed by atoms with E-state index in [0.717, 1.165) is 31.9 Å². The number of benzene rings is 2. The second-order valence-corrected chi connectivity index (χ2v) is 7.45. The minimum absolute atomic E-state index is 0.284. The van der Waals surface area contributed by atoms with Crippen molar-refractivity contribution in [3.05, 3.63) is 62.7 Å². The van der Waals surface area contributed by atoms with Gasteiger partial charge in [-0.3, -0.25) is 0 Å². The highest BCUT2D eigenvalue weighted by Crippen LogP contribution is 2.31. The first-order chi connectivity index (χ1) is 11.1. The number of fused-ring (bicyclic) bond motifs is 1. The standard InChI is InChI=1S/C19H23IN2O/c1-22(2)11-12-23-17-7-8-18-15(13-17)9-10-21-19(18)14-3-5-16(20)6-4-14/h3-8,13,19,21H,9-12H2,1-2H3. The largest absolute Gasteiger partial charge is 0.492 e. The van der Waals surface area contributed by atoms with Crippen molar-refractivity contribution < 1.29 is 4.74 Å². The summed E-state index contributed by atoms with van der Waals surface area (Å²) in [5, 5.41) is 3.64. The molecule has 1 atom stereocenters. The molecule has 0 aromatic heterocycles. The zero-order valence-electron chi connectivity index (χ0n) is 13.7. The normalized spacial score (nSPS) is 17.1. The predicted octanol–water partition coefficient (Wildman–Crippen LogP) is 3.47. The second kappa shape index (κ2) is 7.64. The van der Waals surface area contributed by atoms with Gasteiger partial charge in [0.15, 0.2) is 0 Å². The molecule has 2 aromatic rings. The van der Waals surface area contributed by atoms with E-state index in [0.29, 0.717) is 0 Å². The quantitative estimate of drug-likeness (QED) is 0.748. The fourth-order valence-electron chi connectivity index (χ4n) is 2.93. The molecule has 0 amide bonds. The van der Waals surface area contributed by atoms with E-state index in [1.54, 1.807) is 0 Å².